The molecule has 22 heavy (non-hydrogen) atoms. The van der Waals surface area contributed by atoms with Crippen LogP contribution in [0.25, 0.3) is 24.3 Å². The predicted octanol–water partition coefficient (Wildman–Crippen LogP) is 5.51. The van der Waals surface area contributed by atoms with Crippen molar-refractivity contribution in [2.45, 2.75) is 26.2 Å². The second-order valence-electron chi connectivity index (χ2n) is 6.72. The van der Waals surface area contributed by atoms with Gasteiger partial charge >= 0.3 is 0 Å². The minimum absolute atomic E-state index is 0.0507. The molecule has 0 unspecified atom stereocenters. The fourth-order valence-electron chi connectivity index (χ4n) is 2.60. The third-order valence-corrected chi connectivity index (χ3v) is 4.02. The van der Waals surface area contributed by atoms with Gasteiger partial charge in [-0.05, 0) is 45.4 Å². The van der Waals surface area contributed by atoms with E-state index in [0.717, 1.165) is 27.8 Å². The van der Waals surface area contributed by atoms with Crippen molar-refractivity contribution in [3.8, 4) is 6.07 Å². The SMILES string of the molecule is CC(C)(C)c1cc2c(C#N)c(c1)/C=C\c1ccc(cc1)/C=C\2. The molecular formula is C21H19N. The zero-order valence-corrected chi connectivity index (χ0v) is 13.2. The smallest absolute Gasteiger partial charge is 0.100 e. The Kier molecular flexibility index (Phi) is 3.47. The summed E-state index contributed by atoms with van der Waals surface area (Å²) in [5.74, 6) is 0. The summed E-state index contributed by atoms with van der Waals surface area (Å²) in [5.41, 5.74) is 6.29. The van der Waals surface area contributed by atoms with Gasteiger partial charge in [-0.15, -0.1) is 0 Å². The molecule has 0 N–H and O–H groups in total. The highest BCUT2D eigenvalue weighted by Gasteiger charge is 2.17. The second kappa shape index (κ2) is 5.31. The lowest BCUT2D eigenvalue weighted by Gasteiger charge is -2.21. The first kappa shape index (κ1) is 14.4. The lowest BCUT2D eigenvalue weighted by molar-refractivity contribution is 0.590. The van der Waals surface area contributed by atoms with Gasteiger partial charge in [0.1, 0.15) is 6.07 Å². The predicted molar refractivity (Wildman–Crippen MR) is 94.2 cm³/mol. The van der Waals surface area contributed by atoms with Crippen LogP contribution in [0, 0.1) is 11.3 Å². The molecule has 0 aliphatic heterocycles. The molecule has 2 aromatic rings. The van der Waals surface area contributed by atoms with E-state index < -0.39 is 0 Å². The number of fused-ring (bicyclic) bond motifs is 2. The highest BCUT2D eigenvalue weighted by Crippen LogP contribution is 2.29. The van der Waals surface area contributed by atoms with Crippen molar-refractivity contribution in [3.63, 3.8) is 0 Å². The lowest BCUT2D eigenvalue weighted by atomic mass is 9.83. The van der Waals surface area contributed by atoms with Crippen LogP contribution in [0.3, 0.4) is 0 Å². The van der Waals surface area contributed by atoms with E-state index in [-0.39, 0.29) is 5.41 Å². The van der Waals surface area contributed by atoms with Crippen molar-refractivity contribution in [3.05, 3.63) is 69.8 Å². The van der Waals surface area contributed by atoms with Crippen molar-refractivity contribution < 1.29 is 0 Å². The lowest BCUT2D eigenvalue weighted by Crippen LogP contribution is -2.12. The molecule has 0 saturated heterocycles. The maximum Gasteiger partial charge on any atom is 0.100 e. The maximum absolute atomic E-state index is 9.59. The van der Waals surface area contributed by atoms with E-state index in [1.807, 2.05) is 12.2 Å². The summed E-state index contributed by atoms with van der Waals surface area (Å²) in [6.45, 7) is 6.59. The van der Waals surface area contributed by atoms with Crippen molar-refractivity contribution in [2.24, 2.45) is 0 Å². The fourth-order valence-corrected chi connectivity index (χ4v) is 2.60. The number of hydrogen-bond donors (Lipinski definition) is 0. The molecule has 4 rings (SSSR count). The van der Waals surface area contributed by atoms with Crippen molar-refractivity contribution in [1.29, 1.82) is 5.26 Å². The molecule has 2 aromatic carbocycles. The van der Waals surface area contributed by atoms with Gasteiger partial charge in [0.05, 0.1) is 5.56 Å². The van der Waals surface area contributed by atoms with Gasteiger partial charge in [0, 0.05) is 0 Å². The molecule has 0 saturated carbocycles. The molecule has 0 fully saturated rings. The topological polar surface area (TPSA) is 23.8 Å². The zero-order chi connectivity index (χ0) is 15.7. The van der Waals surface area contributed by atoms with Gasteiger partial charge < -0.3 is 0 Å². The van der Waals surface area contributed by atoms with Crippen LogP contribution in [-0.4, -0.2) is 0 Å². The van der Waals surface area contributed by atoms with Crippen LogP contribution in [0.5, 0.6) is 0 Å². The summed E-state index contributed by atoms with van der Waals surface area (Å²) in [5, 5.41) is 9.59. The Morgan fingerprint density at radius 2 is 1.23 bits per heavy atom. The molecule has 0 heterocycles. The van der Waals surface area contributed by atoms with E-state index in [2.05, 4.69) is 75.4 Å². The molecule has 4 bridgehead atoms. The summed E-state index contributed by atoms with van der Waals surface area (Å²) < 4.78 is 0. The first-order chi connectivity index (χ1) is 10.5. The van der Waals surface area contributed by atoms with E-state index >= 15 is 0 Å². The Labute approximate surface area is 132 Å². The molecule has 1 heteroatoms. The van der Waals surface area contributed by atoms with Crippen LogP contribution in [0.15, 0.2) is 36.4 Å². The molecule has 2 aliphatic carbocycles. The Morgan fingerprint density at radius 3 is 1.59 bits per heavy atom. The zero-order valence-electron chi connectivity index (χ0n) is 13.2. The summed E-state index contributed by atoms with van der Waals surface area (Å²) in [4.78, 5) is 0. The van der Waals surface area contributed by atoms with Gasteiger partial charge in [-0.2, -0.15) is 5.26 Å². The van der Waals surface area contributed by atoms with Crippen LogP contribution < -0.4 is 0 Å². The number of nitriles is 1. The molecule has 1 nitrogen and oxygen atoms in total. The Morgan fingerprint density at radius 1 is 0.773 bits per heavy atom. The number of rotatable bonds is 0. The standard InChI is InChI=1S/C21H19N/c1-21(2,3)19-12-17-10-8-15-4-5-16(7-6-15)9-11-18(13-19)20(17)14-22/h4-13H,1-3H3/b10-8-,11-9-. The van der Waals surface area contributed by atoms with Crippen LogP contribution in [0.4, 0.5) is 0 Å². The van der Waals surface area contributed by atoms with E-state index in [1.54, 1.807) is 0 Å². The Bertz CT molecular complexity index is 752. The van der Waals surface area contributed by atoms with E-state index in [9.17, 15) is 5.26 Å². The van der Waals surface area contributed by atoms with E-state index in [1.165, 1.54) is 5.56 Å². The maximum atomic E-state index is 9.59. The van der Waals surface area contributed by atoms with Crippen LogP contribution in [0.2, 0.25) is 0 Å². The van der Waals surface area contributed by atoms with Crippen LogP contribution >= 0.6 is 0 Å². The van der Waals surface area contributed by atoms with Gasteiger partial charge in [-0.3, -0.25) is 0 Å². The largest absolute Gasteiger partial charge is 0.192 e. The summed E-state index contributed by atoms with van der Waals surface area (Å²) in [6.07, 6.45) is 8.24. The minimum atomic E-state index is 0.0507. The van der Waals surface area contributed by atoms with Crippen LogP contribution in [-0.2, 0) is 5.41 Å². The van der Waals surface area contributed by atoms with Crippen molar-refractivity contribution in [1.82, 2.24) is 0 Å². The first-order valence-electron chi connectivity index (χ1n) is 7.52. The van der Waals surface area contributed by atoms with Crippen LogP contribution in [0.1, 0.15) is 54.2 Å². The molecule has 2 aliphatic rings. The molecule has 108 valence electrons. The number of hydrogen-bond acceptors (Lipinski definition) is 1. The summed E-state index contributed by atoms with van der Waals surface area (Å²) >= 11 is 0. The van der Waals surface area contributed by atoms with Crippen molar-refractivity contribution in [2.75, 3.05) is 0 Å². The van der Waals surface area contributed by atoms with Crippen molar-refractivity contribution >= 4 is 24.3 Å². The van der Waals surface area contributed by atoms with Gasteiger partial charge in [0.15, 0.2) is 0 Å². The quantitative estimate of drug-likeness (QED) is 0.534. The Balaban J connectivity index is 2.31. The van der Waals surface area contributed by atoms with E-state index in [4.69, 9.17) is 0 Å². The normalized spacial score (nSPS) is 15.7. The molecule has 0 amide bonds. The molecular weight excluding hydrogens is 266 g/mol. The Hall–Kier alpha value is -2.59. The highest BCUT2D eigenvalue weighted by molar-refractivity contribution is 5.81. The first-order valence-corrected chi connectivity index (χ1v) is 7.52. The van der Waals surface area contributed by atoms with Gasteiger partial charge in [0.25, 0.3) is 0 Å². The average Bonchev–Trinajstić information content (AvgIpc) is 2.52. The average molecular weight is 285 g/mol. The highest BCUT2D eigenvalue weighted by atomic mass is 14.3. The van der Waals surface area contributed by atoms with E-state index in [0.29, 0.717) is 0 Å². The minimum Gasteiger partial charge on any atom is -0.192 e. The third-order valence-electron chi connectivity index (χ3n) is 4.02. The monoisotopic (exact) mass is 285 g/mol. The number of benzene rings is 2. The summed E-state index contributed by atoms with van der Waals surface area (Å²) in [7, 11) is 0. The van der Waals surface area contributed by atoms with Gasteiger partial charge in [-0.1, -0.05) is 69.3 Å². The third kappa shape index (κ3) is 2.73. The second-order valence-corrected chi connectivity index (χ2v) is 6.72. The van der Waals surface area contributed by atoms with Gasteiger partial charge in [-0.25, -0.2) is 0 Å². The molecule has 0 spiro atoms. The van der Waals surface area contributed by atoms with Gasteiger partial charge in [0.2, 0.25) is 0 Å². The fraction of sp³-hybridized carbons (Fsp3) is 0.190. The molecule has 0 aromatic heterocycles. The molecule has 0 atom stereocenters. The summed E-state index contributed by atoms with van der Waals surface area (Å²) in [6, 6.07) is 15.0. The molecule has 0 radical (unpaired) electrons. The number of nitrogens with zero attached hydrogens (tertiary/aromatic N) is 1.